The summed E-state index contributed by atoms with van der Waals surface area (Å²) in [4.78, 5) is 13.9. The molecule has 2 heterocycles. The van der Waals surface area contributed by atoms with E-state index in [-0.39, 0.29) is 24.0 Å². The highest BCUT2D eigenvalue weighted by Crippen LogP contribution is 2.58. The largest absolute Gasteiger partial charge is 0.378 e. The molecule has 1 aromatic heterocycles. The molecular weight excluding hydrogens is 449 g/mol. The maximum absolute atomic E-state index is 6.35. The van der Waals surface area contributed by atoms with E-state index in [0.717, 1.165) is 50.3 Å². The third-order valence-electron chi connectivity index (χ3n) is 5.98. The van der Waals surface area contributed by atoms with Crippen LogP contribution in [-0.2, 0) is 4.74 Å². The van der Waals surface area contributed by atoms with Crippen molar-refractivity contribution in [2.24, 2.45) is 16.1 Å². The summed E-state index contributed by atoms with van der Waals surface area (Å²) in [5.74, 6) is 0.722. The number of anilines is 1. The van der Waals surface area contributed by atoms with Gasteiger partial charge < -0.3 is 20.3 Å². The molecule has 0 amide bonds. The monoisotopic (exact) mass is 477 g/mol. The van der Waals surface area contributed by atoms with Gasteiger partial charge in [-0.05, 0) is 26.2 Å². The van der Waals surface area contributed by atoms with E-state index < -0.39 is 0 Å². The van der Waals surface area contributed by atoms with Crippen LogP contribution in [0.15, 0.2) is 16.6 Å². The molecule has 3 aliphatic rings. The summed E-state index contributed by atoms with van der Waals surface area (Å²) in [6.45, 7) is 6.64. The van der Waals surface area contributed by atoms with Crippen LogP contribution in [0.5, 0.6) is 0 Å². The molecule has 1 spiro atoms. The molecule has 140 valence electrons. The number of guanidine groups is 1. The summed E-state index contributed by atoms with van der Waals surface area (Å²) >= 11 is 1.70. The number of aromatic nitrogens is 1. The third-order valence-corrected chi connectivity index (χ3v) is 6.81. The second-order valence-corrected chi connectivity index (χ2v) is 7.93. The van der Waals surface area contributed by atoms with Gasteiger partial charge >= 0.3 is 0 Å². The predicted octanol–water partition coefficient (Wildman–Crippen LogP) is 2.55. The number of nitrogens with two attached hydrogens (primary N) is 1. The Bertz CT molecular complexity index is 584. The highest BCUT2D eigenvalue weighted by Gasteiger charge is 2.59. The van der Waals surface area contributed by atoms with Crippen molar-refractivity contribution >= 4 is 46.4 Å². The lowest BCUT2D eigenvalue weighted by Crippen LogP contribution is -2.62. The first-order valence-electron chi connectivity index (χ1n) is 9.07. The molecule has 8 heteroatoms. The van der Waals surface area contributed by atoms with Crippen molar-refractivity contribution in [3.8, 4) is 0 Å². The summed E-state index contributed by atoms with van der Waals surface area (Å²) in [6, 6.07) is 0.361. The molecule has 3 fully saturated rings. The number of rotatable bonds is 4. The molecule has 2 aliphatic carbocycles. The van der Waals surface area contributed by atoms with E-state index in [2.05, 4.69) is 21.7 Å². The third kappa shape index (κ3) is 3.49. The maximum atomic E-state index is 6.35. The fourth-order valence-electron chi connectivity index (χ4n) is 4.32. The predicted molar refractivity (Wildman–Crippen MR) is 113 cm³/mol. The zero-order chi connectivity index (χ0) is 16.6. The van der Waals surface area contributed by atoms with Gasteiger partial charge in [0.15, 0.2) is 11.1 Å². The summed E-state index contributed by atoms with van der Waals surface area (Å²) in [5, 5.41) is 3.14. The van der Waals surface area contributed by atoms with Crippen molar-refractivity contribution < 1.29 is 4.74 Å². The van der Waals surface area contributed by atoms with Crippen molar-refractivity contribution in [1.29, 1.82) is 0 Å². The van der Waals surface area contributed by atoms with Gasteiger partial charge in [0.25, 0.3) is 0 Å². The van der Waals surface area contributed by atoms with Crippen molar-refractivity contribution in [3.63, 3.8) is 0 Å². The molecule has 2 atom stereocenters. The van der Waals surface area contributed by atoms with Gasteiger partial charge in [-0.25, -0.2) is 9.98 Å². The Balaban J connectivity index is 0.00000182. The first-order chi connectivity index (χ1) is 11.7. The van der Waals surface area contributed by atoms with Crippen LogP contribution in [0.25, 0.3) is 0 Å². The minimum Gasteiger partial charge on any atom is -0.378 e. The van der Waals surface area contributed by atoms with Gasteiger partial charge in [0.1, 0.15) is 0 Å². The Morgan fingerprint density at radius 3 is 2.72 bits per heavy atom. The van der Waals surface area contributed by atoms with Gasteiger partial charge in [0, 0.05) is 49.8 Å². The van der Waals surface area contributed by atoms with E-state index in [1.54, 1.807) is 11.3 Å². The van der Waals surface area contributed by atoms with Gasteiger partial charge in [-0.1, -0.05) is 6.42 Å². The Morgan fingerprint density at radius 2 is 2.16 bits per heavy atom. The fraction of sp³-hybridized carbons (Fsp3) is 0.765. The van der Waals surface area contributed by atoms with Crippen molar-refractivity contribution in [2.45, 2.75) is 44.8 Å². The lowest BCUT2D eigenvalue weighted by Gasteiger charge is -2.59. The zero-order valence-corrected chi connectivity index (χ0v) is 17.9. The van der Waals surface area contributed by atoms with E-state index in [1.807, 2.05) is 11.6 Å². The molecule has 25 heavy (non-hydrogen) atoms. The van der Waals surface area contributed by atoms with Gasteiger partial charge in [0.2, 0.25) is 0 Å². The smallest absolute Gasteiger partial charge is 0.191 e. The summed E-state index contributed by atoms with van der Waals surface area (Å²) in [5.41, 5.74) is 6.64. The van der Waals surface area contributed by atoms with Crippen LogP contribution in [0.1, 0.15) is 32.6 Å². The molecule has 0 radical (unpaired) electrons. The second kappa shape index (κ2) is 7.96. The van der Waals surface area contributed by atoms with Crippen LogP contribution >= 0.6 is 35.3 Å². The molecule has 2 N–H and O–H groups in total. The Labute approximate surface area is 170 Å². The first kappa shape index (κ1) is 19.2. The minimum atomic E-state index is 0. The van der Waals surface area contributed by atoms with Crippen molar-refractivity contribution in [2.75, 3.05) is 37.7 Å². The fourth-order valence-corrected chi connectivity index (χ4v) is 5.02. The molecular formula is C17H28IN5OS. The van der Waals surface area contributed by atoms with Crippen LogP contribution in [0.3, 0.4) is 0 Å². The van der Waals surface area contributed by atoms with Gasteiger partial charge in [-0.15, -0.1) is 35.3 Å². The Morgan fingerprint density at radius 1 is 1.40 bits per heavy atom. The van der Waals surface area contributed by atoms with Crippen LogP contribution in [0.4, 0.5) is 5.13 Å². The van der Waals surface area contributed by atoms with Crippen LogP contribution in [0, 0.1) is 5.41 Å². The molecule has 6 nitrogen and oxygen atoms in total. The minimum absolute atomic E-state index is 0. The number of hydrogen-bond acceptors (Lipinski definition) is 5. The average Bonchev–Trinajstić information content (AvgIpc) is 3.06. The number of thiazole rings is 1. The van der Waals surface area contributed by atoms with Gasteiger partial charge in [-0.3, -0.25) is 0 Å². The van der Waals surface area contributed by atoms with E-state index in [0.29, 0.717) is 17.6 Å². The van der Waals surface area contributed by atoms with Crippen molar-refractivity contribution in [3.05, 3.63) is 11.6 Å². The number of aliphatic imine (C=N–C) groups is 1. The topological polar surface area (TPSA) is 67.0 Å². The van der Waals surface area contributed by atoms with Gasteiger partial charge in [-0.2, -0.15) is 0 Å². The van der Waals surface area contributed by atoms with E-state index in [4.69, 9.17) is 15.5 Å². The lowest BCUT2D eigenvalue weighted by atomic mass is 9.51. The SMILES string of the molecule is CCOC1CC(N=C(N)N2CCN(c3nccs3)CC2)C12CCC2.I. The number of halogens is 1. The molecule has 1 aromatic rings. The maximum Gasteiger partial charge on any atom is 0.191 e. The van der Waals surface area contributed by atoms with Crippen LogP contribution in [-0.4, -0.2) is 60.8 Å². The lowest BCUT2D eigenvalue weighted by molar-refractivity contribution is -0.162. The van der Waals surface area contributed by atoms with E-state index in [1.165, 1.54) is 19.3 Å². The normalized spacial score (nSPS) is 28.3. The van der Waals surface area contributed by atoms with Crippen LogP contribution < -0.4 is 10.6 Å². The summed E-state index contributed by atoms with van der Waals surface area (Å²) in [7, 11) is 0. The number of ether oxygens (including phenoxy) is 1. The highest BCUT2D eigenvalue weighted by molar-refractivity contribution is 14.0. The number of nitrogens with zero attached hydrogens (tertiary/aromatic N) is 4. The Kier molecular flexibility index (Phi) is 6.10. The van der Waals surface area contributed by atoms with E-state index >= 15 is 0 Å². The zero-order valence-electron chi connectivity index (χ0n) is 14.8. The van der Waals surface area contributed by atoms with E-state index in [9.17, 15) is 0 Å². The van der Waals surface area contributed by atoms with Crippen molar-refractivity contribution in [1.82, 2.24) is 9.88 Å². The highest BCUT2D eigenvalue weighted by atomic mass is 127. The molecule has 2 saturated carbocycles. The summed E-state index contributed by atoms with van der Waals surface area (Å²) < 4.78 is 5.91. The molecule has 0 aromatic carbocycles. The molecule has 0 bridgehead atoms. The number of piperazine rings is 1. The second-order valence-electron chi connectivity index (χ2n) is 7.06. The standard InChI is InChI=1S/C17H27N5OS.HI/c1-2-23-14-12-13(17(14)4-3-5-17)20-15(18)21-7-9-22(10-8-21)16-19-6-11-24-16;/h6,11,13-14H,2-5,7-10,12H2,1H3,(H2,18,20);1H. The molecule has 1 saturated heterocycles. The quantitative estimate of drug-likeness (QED) is 0.410. The molecule has 1 aliphatic heterocycles. The number of hydrogen-bond donors (Lipinski definition) is 1. The first-order valence-corrected chi connectivity index (χ1v) is 9.95. The molecule has 4 rings (SSSR count). The molecule has 2 unspecified atom stereocenters. The summed E-state index contributed by atoms with van der Waals surface area (Å²) in [6.07, 6.45) is 7.11. The average molecular weight is 477 g/mol. The van der Waals surface area contributed by atoms with Crippen LogP contribution in [0.2, 0.25) is 0 Å². The Hall–Kier alpha value is -0.610. The van der Waals surface area contributed by atoms with Gasteiger partial charge in [0.05, 0.1) is 12.1 Å².